The molecule has 0 aliphatic heterocycles. The van der Waals surface area contributed by atoms with Crippen molar-refractivity contribution in [3.63, 3.8) is 0 Å². The lowest BCUT2D eigenvalue weighted by Crippen LogP contribution is -2.36. The lowest BCUT2D eigenvalue weighted by molar-refractivity contribution is 0.412. The van der Waals surface area contributed by atoms with Crippen LogP contribution in [0.1, 0.15) is 44.7 Å². The van der Waals surface area contributed by atoms with E-state index in [9.17, 15) is 8.42 Å². The third-order valence-corrected chi connectivity index (χ3v) is 5.24. The average Bonchev–Trinajstić information content (AvgIpc) is 2.83. The van der Waals surface area contributed by atoms with Crippen LogP contribution in [0.25, 0.3) is 0 Å². The molecule has 0 atom stereocenters. The van der Waals surface area contributed by atoms with Crippen LogP contribution in [0, 0.1) is 0 Å². The van der Waals surface area contributed by atoms with E-state index in [1.54, 1.807) is 12.3 Å². The zero-order valence-corrected chi connectivity index (χ0v) is 12.2. The highest BCUT2D eigenvalue weighted by Crippen LogP contribution is 2.21. The zero-order valence-electron chi connectivity index (χ0n) is 11.4. The molecule has 0 aromatic carbocycles. The first kappa shape index (κ1) is 14.6. The SMILES string of the molecule is CCn1cc(S(=O)(=O)NC2CCCCC2)cc1CN. The molecule has 1 aliphatic rings. The number of nitrogens with two attached hydrogens (primary N) is 1. The maximum Gasteiger partial charge on any atom is 0.242 e. The summed E-state index contributed by atoms with van der Waals surface area (Å²) in [5, 5.41) is 0. The summed E-state index contributed by atoms with van der Waals surface area (Å²) < 4.78 is 29.4. The van der Waals surface area contributed by atoms with E-state index in [1.165, 1.54) is 6.42 Å². The molecule has 2 rings (SSSR count). The van der Waals surface area contributed by atoms with Gasteiger partial charge in [-0.2, -0.15) is 0 Å². The van der Waals surface area contributed by atoms with Crippen LogP contribution in [0.3, 0.4) is 0 Å². The minimum absolute atomic E-state index is 0.0880. The van der Waals surface area contributed by atoms with Crippen LogP contribution in [0.5, 0.6) is 0 Å². The Balaban J connectivity index is 2.16. The van der Waals surface area contributed by atoms with Gasteiger partial charge < -0.3 is 10.3 Å². The fourth-order valence-corrected chi connectivity index (χ4v) is 4.01. The summed E-state index contributed by atoms with van der Waals surface area (Å²) in [6.07, 6.45) is 6.98. The van der Waals surface area contributed by atoms with E-state index in [2.05, 4.69) is 4.72 Å². The largest absolute Gasteiger partial charge is 0.349 e. The minimum Gasteiger partial charge on any atom is -0.349 e. The molecule has 1 heterocycles. The van der Waals surface area contributed by atoms with E-state index in [0.717, 1.165) is 37.9 Å². The van der Waals surface area contributed by atoms with Gasteiger partial charge in [0, 0.05) is 31.0 Å². The third-order valence-electron chi connectivity index (χ3n) is 3.75. The summed E-state index contributed by atoms with van der Waals surface area (Å²) in [7, 11) is -3.41. The quantitative estimate of drug-likeness (QED) is 0.862. The van der Waals surface area contributed by atoms with Gasteiger partial charge in [0.25, 0.3) is 0 Å². The van der Waals surface area contributed by atoms with Gasteiger partial charge in [-0.3, -0.25) is 0 Å². The summed E-state index contributed by atoms with van der Waals surface area (Å²) in [5.41, 5.74) is 6.48. The molecule has 1 fully saturated rings. The topological polar surface area (TPSA) is 77.1 Å². The highest BCUT2D eigenvalue weighted by Gasteiger charge is 2.23. The van der Waals surface area contributed by atoms with Crippen molar-refractivity contribution in [2.45, 2.75) is 63.1 Å². The Bertz CT molecular complexity index is 494. The monoisotopic (exact) mass is 285 g/mol. The number of aromatic nitrogens is 1. The van der Waals surface area contributed by atoms with Crippen molar-refractivity contribution in [2.24, 2.45) is 5.73 Å². The molecule has 0 spiro atoms. The van der Waals surface area contributed by atoms with E-state index in [1.807, 2.05) is 11.5 Å². The molecule has 0 saturated heterocycles. The molecule has 1 saturated carbocycles. The fourth-order valence-electron chi connectivity index (χ4n) is 2.65. The summed E-state index contributed by atoms with van der Waals surface area (Å²) in [5.74, 6) is 0. The maximum atomic E-state index is 12.3. The van der Waals surface area contributed by atoms with Crippen LogP contribution in [0.2, 0.25) is 0 Å². The number of sulfonamides is 1. The molecule has 1 aromatic heterocycles. The van der Waals surface area contributed by atoms with Crippen molar-refractivity contribution in [1.29, 1.82) is 0 Å². The molecule has 5 nitrogen and oxygen atoms in total. The molecular formula is C13H23N3O2S. The second kappa shape index (κ2) is 6.07. The van der Waals surface area contributed by atoms with Gasteiger partial charge in [0.1, 0.15) is 0 Å². The summed E-state index contributed by atoms with van der Waals surface area (Å²) in [6.45, 7) is 3.06. The predicted octanol–water partition coefficient (Wildman–Crippen LogP) is 1.58. The van der Waals surface area contributed by atoms with Crippen LogP contribution in [-0.2, 0) is 23.1 Å². The molecule has 6 heteroatoms. The first-order valence-corrected chi connectivity index (χ1v) is 8.46. The Hall–Kier alpha value is -0.850. The second-order valence-electron chi connectivity index (χ2n) is 5.11. The van der Waals surface area contributed by atoms with Gasteiger partial charge in [0.2, 0.25) is 10.0 Å². The van der Waals surface area contributed by atoms with E-state index in [-0.39, 0.29) is 6.04 Å². The third kappa shape index (κ3) is 3.38. The van der Waals surface area contributed by atoms with E-state index >= 15 is 0 Å². The van der Waals surface area contributed by atoms with Crippen LogP contribution in [0.4, 0.5) is 0 Å². The Kier molecular flexibility index (Phi) is 4.65. The van der Waals surface area contributed by atoms with Gasteiger partial charge in [-0.1, -0.05) is 19.3 Å². The Morgan fingerprint density at radius 2 is 2.05 bits per heavy atom. The highest BCUT2D eigenvalue weighted by atomic mass is 32.2. The molecule has 3 N–H and O–H groups in total. The molecule has 19 heavy (non-hydrogen) atoms. The van der Waals surface area contributed by atoms with Gasteiger partial charge in [-0.15, -0.1) is 0 Å². The number of rotatable bonds is 5. The van der Waals surface area contributed by atoms with Crippen molar-refractivity contribution in [2.75, 3.05) is 0 Å². The molecule has 0 radical (unpaired) electrons. The number of hydrogen-bond acceptors (Lipinski definition) is 3. The molecule has 0 bridgehead atoms. The Labute approximate surface area is 115 Å². The van der Waals surface area contributed by atoms with Crippen LogP contribution >= 0.6 is 0 Å². The Morgan fingerprint density at radius 3 is 2.58 bits per heavy atom. The van der Waals surface area contributed by atoms with Crippen LogP contribution in [0.15, 0.2) is 17.2 Å². The van der Waals surface area contributed by atoms with Crippen molar-refractivity contribution < 1.29 is 8.42 Å². The molecular weight excluding hydrogens is 262 g/mol. The molecule has 0 amide bonds. The number of nitrogens with zero attached hydrogens (tertiary/aromatic N) is 1. The predicted molar refractivity (Wildman–Crippen MR) is 75.2 cm³/mol. The summed E-state index contributed by atoms with van der Waals surface area (Å²) >= 11 is 0. The van der Waals surface area contributed by atoms with E-state index in [4.69, 9.17) is 5.73 Å². The normalized spacial score (nSPS) is 17.8. The van der Waals surface area contributed by atoms with Gasteiger partial charge in [-0.05, 0) is 25.8 Å². The fraction of sp³-hybridized carbons (Fsp3) is 0.692. The van der Waals surface area contributed by atoms with Crippen molar-refractivity contribution in [3.8, 4) is 0 Å². The van der Waals surface area contributed by atoms with Gasteiger partial charge in [0.05, 0.1) is 4.90 Å². The van der Waals surface area contributed by atoms with Crippen molar-refractivity contribution in [1.82, 2.24) is 9.29 Å². The first-order valence-electron chi connectivity index (χ1n) is 6.98. The number of hydrogen-bond donors (Lipinski definition) is 2. The van der Waals surface area contributed by atoms with Crippen molar-refractivity contribution >= 4 is 10.0 Å². The number of nitrogens with one attached hydrogen (secondary N) is 1. The standard InChI is InChI=1S/C13H23N3O2S/c1-2-16-10-13(8-12(16)9-14)19(17,18)15-11-6-4-3-5-7-11/h8,10-11,15H,2-7,9,14H2,1H3. The average molecular weight is 285 g/mol. The zero-order chi connectivity index (χ0) is 13.9. The summed E-state index contributed by atoms with van der Waals surface area (Å²) in [4.78, 5) is 0.334. The van der Waals surface area contributed by atoms with Gasteiger partial charge in [0.15, 0.2) is 0 Å². The van der Waals surface area contributed by atoms with Crippen LogP contribution < -0.4 is 10.5 Å². The van der Waals surface area contributed by atoms with E-state index in [0.29, 0.717) is 11.4 Å². The van der Waals surface area contributed by atoms with Crippen LogP contribution in [-0.4, -0.2) is 19.0 Å². The molecule has 1 aromatic rings. The lowest BCUT2D eigenvalue weighted by Gasteiger charge is -2.22. The van der Waals surface area contributed by atoms with Crippen molar-refractivity contribution in [3.05, 3.63) is 18.0 Å². The van der Waals surface area contributed by atoms with Gasteiger partial charge in [-0.25, -0.2) is 13.1 Å². The molecule has 1 aliphatic carbocycles. The Morgan fingerprint density at radius 1 is 1.37 bits per heavy atom. The minimum atomic E-state index is -3.41. The maximum absolute atomic E-state index is 12.3. The second-order valence-corrected chi connectivity index (χ2v) is 6.83. The van der Waals surface area contributed by atoms with Gasteiger partial charge >= 0.3 is 0 Å². The highest BCUT2D eigenvalue weighted by molar-refractivity contribution is 7.89. The molecule has 0 unspecified atom stereocenters. The summed E-state index contributed by atoms with van der Waals surface area (Å²) in [6, 6.07) is 1.76. The number of aryl methyl sites for hydroxylation is 1. The van der Waals surface area contributed by atoms with E-state index < -0.39 is 10.0 Å². The lowest BCUT2D eigenvalue weighted by atomic mass is 9.96. The smallest absolute Gasteiger partial charge is 0.242 e. The first-order chi connectivity index (χ1) is 9.06. The molecule has 108 valence electrons.